The Labute approximate surface area is 172 Å². The van der Waals surface area contributed by atoms with E-state index in [-0.39, 0.29) is 0 Å². The molecule has 4 rings (SSSR count). The second-order valence-corrected chi connectivity index (χ2v) is 8.55. The van der Waals surface area contributed by atoms with E-state index in [0.717, 1.165) is 53.6 Å². The third-order valence-corrected chi connectivity index (χ3v) is 6.04. The zero-order chi connectivity index (χ0) is 19.8. The molecule has 146 valence electrons. The fourth-order valence-electron chi connectivity index (χ4n) is 4.12. The predicted octanol–water partition coefficient (Wildman–Crippen LogP) is 5.37. The molecule has 1 aliphatic rings. The van der Waals surface area contributed by atoms with E-state index in [9.17, 15) is 0 Å². The lowest BCUT2D eigenvalue weighted by atomic mass is 9.98. The first-order valence-electron chi connectivity index (χ1n) is 10.00. The number of hydrogen-bond donors (Lipinski definition) is 2. The van der Waals surface area contributed by atoms with Gasteiger partial charge in [-0.15, -0.1) is 0 Å². The van der Waals surface area contributed by atoms with Crippen LogP contribution in [0.1, 0.15) is 46.8 Å². The van der Waals surface area contributed by atoms with Crippen molar-refractivity contribution in [1.82, 2.24) is 14.9 Å². The van der Waals surface area contributed by atoms with Gasteiger partial charge in [-0.3, -0.25) is 0 Å². The number of hydrogen-bond acceptors (Lipinski definition) is 2. The summed E-state index contributed by atoms with van der Waals surface area (Å²) >= 11 is 5.73. The first-order chi connectivity index (χ1) is 13.4. The number of H-pyrrole nitrogens is 1. The van der Waals surface area contributed by atoms with E-state index in [1.807, 2.05) is 0 Å². The van der Waals surface area contributed by atoms with Gasteiger partial charge in [0.1, 0.15) is 5.82 Å². The van der Waals surface area contributed by atoms with Gasteiger partial charge in [-0.25, -0.2) is 4.98 Å². The monoisotopic (exact) mass is 392 g/mol. The van der Waals surface area contributed by atoms with Crippen molar-refractivity contribution in [3.63, 3.8) is 0 Å². The summed E-state index contributed by atoms with van der Waals surface area (Å²) in [5.74, 6) is 1.46. The van der Waals surface area contributed by atoms with Crippen LogP contribution in [0.5, 0.6) is 0 Å². The molecular weight excluding hydrogens is 364 g/mol. The van der Waals surface area contributed by atoms with Crippen molar-refractivity contribution in [1.29, 1.82) is 0 Å². The number of likely N-dealkylation sites (tertiary alicyclic amines) is 1. The SMILES string of the molecule is Cc1cc(C)cc(NC(=S)N2CCC[C@@H](c3nc4cc(C)c(C)cc4[nH]3)C2)c1. The number of imidazole rings is 1. The Morgan fingerprint density at radius 3 is 2.54 bits per heavy atom. The van der Waals surface area contributed by atoms with Crippen LogP contribution in [0, 0.1) is 27.7 Å². The molecule has 0 radical (unpaired) electrons. The standard InChI is InChI=1S/C23H28N4S/c1-14-8-15(2)10-19(9-14)24-23(28)27-7-5-6-18(13-27)22-25-20-11-16(3)17(4)12-21(20)26-22/h8-12,18H,5-7,13H2,1-4H3,(H,24,28)(H,25,26)/t18-/m1/s1. The molecular formula is C23H28N4S. The smallest absolute Gasteiger partial charge is 0.173 e. The van der Waals surface area contributed by atoms with Crippen molar-refractivity contribution in [3.05, 3.63) is 58.4 Å². The van der Waals surface area contributed by atoms with Gasteiger partial charge in [-0.2, -0.15) is 0 Å². The van der Waals surface area contributed by atoms with Gasteiger partial charge in [-0.05, 0) is 99.3 Å². The van der Waals surface area contributed by atoms with Crippen molar-refractivity contribution in [3.8, 4) is 0 Å². The molecule has 28 heavy (non-hydrogen) atoms. The van der Waals surface area contributed by atoms with E-state index in [2.05, 4.69) is 73.2 Å². The summed E-state index contributed by atoms with van der Waals surface area (Å²) in [5.41, 5.74) is 8.34. The number of benzene rings is 2. The van der Waals surface area contributed by atoms with E-state index in [1.54, 1.807) is 0 Å². The quantitative estimate of drug-likeness (QED) is 0.575. The normalized spacial score (nSPS) is 17.1. The Kier molecular flexibility index (Phi) is 5.11. The lowest BCUT2D eigenvalue weighted by Gasteiger charge is -2.34. The van der Waals surface area contributed by atoms with E-state index in [1.165, 1.54) is 22.3 Å². The summed E-state index contributed by atoms with van der Waals surface area (Å²) in [6.07, 6.45) is 2.26. The molecule has 0 saturated carbocycles. The van der Waals surface area contributed by atoms with E-state index in [0.29, 0.717) is 5.92 Å². The van der Waals surface area contributed by atoms with Crippen molar-refractivity contribution >= 4 is 34.1 Å². The zero-order valence-corrected chi connectivity index (χ0v) is 17.9. The predicted molar refractivity (Wildman–Crippen MR) is 121 cm³/mol. The molecule has 0 spiro atoms. The van der Waals surface area contributed by atoms with Gasteiger partial charge < -0.3 is 15.2 Å². The number of aromatic nitrogens is 2. The summed E-state index contributed by atoms with van der Waals surface area (Å²) in [6.45, 7) is 10.4. The average Bonchev–Trinajstić information content (AvgIpc) is 3.04. The molecule has 1 aromatic heterocycles. The topological polar surface area (TPSA) is 44.0 Å². The number of nitrogens with one attached hydrogen (secondary N) is 2. The van der Waals surface area contributed by atoms with Crippen LogP contribution in [0.3, 0.4) is 0 Å². The van der Waals surface area contributed by atoms with Crippen molar-refractivity contribution in [2.75, 3.05) is 18.4 Å². The molecule has 3 aromatic rings. The Morgan fingerprint density at radius 1 is 1.07 bits per heavy atom. The average molecular weight is 393 g/mol. The molecule has 0 aliphatic carbocycles. The Balaban J connectivity index is 1.50. The number of rotatable bonds is 2. The zero-order valence-electron chi connectivity index (χ0n) is 17.1. The highest BCUT2D eigenvalue weighted by Crippen LogP contribution is 2.28. The van der Waals surface area contributed by atoms with Crippen LogP contribution in [-0.2, 0) is 0 Å². The number of thiocarbonyl (C=S) groups is 1. The summed E-state index contributed by atoms with van der Waals surface area (Å²) in [6, 6.07) is 10.8. The van der Waals surface area contributed by atoms with Crippen LogP contribution in [0.4, 0.5) is 5.69 Å². The fourth-order valence-corrected chi connectivity index (χ4v) is 4.40. The van der Waals surface area contributed by atoms with Crippen molar-refractivity contribution in [2.45, 2.75) is 46.5 Å². The van der Waals surface area contributed by atoms with E-state index < -0.39 is 0 Å². The molecule has 2 heterocycles. The third-order valence-electron chi connectivity index (χ3n) is 5.68. The second kappa shape index (κ2) is 7.55. The molecule has 1 atom stereocenters. The largest absolute Gasteiger partial charge is 0.348 e. The molecule has 2 aromatic carbocycles. The maximum atomic E-state index is 5.73. The first kappa shape index (κ1) is 18.9. The molecule has 0 amide bonds. The number of anilines is 1. The van der Waals surface area contributed by atoms with Crippen LogP contribution in [0.2, 0.25) is 0 Å². The number of aryl methyl sites for hydroxylation is 4. The van der Waals surface area contributed by atoms with Gasteiger partial charge in [0.05, 0.1) is 11.0 Å². The highest BCUT2D eigenvalue weighted by atomic mass is 32.1. The van der Waals surface area contributed by atoms with E-state index in [4.69, 9.17) is 17.2 Å². The highest BCUT2D eigenvalue weighted by molar-refractivity contribution is 7.80. The van der Waals surface area contributed by atoms with Gasteiger partial charge in [0.2, 0.25) is 0 Å². The summed E-state index contributed by atoms with van der Waals surface area (Å²) in [5, 5.41) is 4.24. The Morgan fingerprint density at radius 2 is 1.79 bits per heavy atom. The molecule has 4 nitrogen and oxygen atoms in total. The van der Waals surface area contributed by atoms with Gasteiger partial charge in [0, 0.05) is 24.7 Å². The van der Waals surface area contributed by atoms with E-state index >= 15 is 0 Å². The lowest BCUT2D eigenvalue weighted by molar-refractivity contribution is 0.307. The number of aromatic amines is 1. The van der Waals surface area contributed by atoms with Crippen LogP contribution in [0.25, 0.3) is 11.0 Å². The lowest BCUT2D eigenvalue weighted by Crippen LogP contribution is -2.41. The number of fused-ring (bicyclic) bond motifs is 1. The maximum Gasteiger partial charge on any atom is 0.173 e. The molecule has 0 unspecified atom stereocenters. The van der Waals surface area contributed by atoms with Gasteiger partial charge in [0.15, 0.2) is 5.11 Å². The third kappa shape index (κ3) is 3.90. The summed E-state index contributed by atoms with van der Waals surface area (Å²) < 4.78 is 0. The van der Waals surface area contributed by atoms with Gasteiger partial charge in [-0.1, -0.05) is 6.07 Å². The Hall–Kier alpha value is -2.40. The first-order valence-corrected chi connectivity index (χ1v) is 10.4. The summed E-state index contributed by atoms with van der Waals surface area (Å²) in [7, 11) is 0. The number of piperidine rings is 1. The van der Waals surface area contributed by atoms with Crippen LogP contribution < -0.4 is 5.32 Å². The maximum absolute atomic E-state index is 5.73. The van der Waals surface area contributed by atoms with Crippen LogP contribution in [-0.4, -0.2) is 33.1 Å². The highest BCUT2D eigenvalue weighted by Gasteiger charge is 2.25. The molecule has 0 bridgehead atoms. The van der Waals surface area contributed by atoms with Gasteiger partial charge >= 0.3 is 0 Å². The minimum absolute atomic E-state index is 0.376. The minimum Gasteiger partial charge on any atom is -0.348 e. The van der Waals surface area contributed by atoms with Crippen LogP contribution >= 0.6 is 12.2 Å². The van der Waals surface area contributed by atoms with Crippen molar-refractivity contribution in [2.24, 2.45) is 0 Å². The fraction of sp³-hybridized carbons (Fsp3) is 0.391. The molecule has 1 fully saturated rings. The summed E-state index contributed by atoms with van der Waals surface area (Å²) in [4.78, 5) is 10.7. The molecule has 1 saturated heterocycles. The molecule has 1 aliphatic heterocycles. The second-order valence-electron chi connectivity index (χ2n) is 8.17. The van der Waals surface area contributed by atoms with Gasteiger partial charge in [0.25, 0.3) is 0 Å². The number of nitrogens with zero attached hydrogens (tertiary/aromatic N) is 2. The molecule has 5 heteroatoms. The van der Waals surface area contributed by atoms with Crippen LogP contribution in [0.15, 0.2) is 30.3 Å². The molecule has 2 N–H and O–H groups in total. The Bertz CT molecular complexity index is 977. The van der Waals surface area contributed by atoms with Crippen molar-refractivity contribution < 1.29 is 0 Å². The minimum atomic E-state index is 0.376.